The Hall–Kier alpha value is -7.71. The Morgan fingerprint density at radius 2 is 0.714 bits per heavy atom. The summed E-state index contributed by atoms with van der Waals surface area (Å²) < 4.78 is 0. The topological polar surface area (TPSA) is 3.24 Å². The van der Waals surface area contributed by atoms with Crippen LogP contribution in [0, 0.1) is 0 Å². The van der Waals surface area contributed by atoms with Crippen LogP contribution in [0.15, 0.2) is 255 Å². The zero-order valence-electron chi connectivity index (χ0n) is 34.6. The summed E-state index contributed by atoms with van der Waals surface area (Å²) in [7, 11) is 0. The highest BCUT2D eigenvalue weighted by Gasteiger charge is 2.47. The van der Waals surface area contributed by atoms with E-state index in [1.54, 1.807) is 0 Å². The Labute approximate surface area is 374 Å². The van der Waals surface area contributed by atoms with Gasteiger partial charge in [0.1, 0.15) is 0 Å². The number of rotatable bonds is 9. The molecule has 0 N–H and O–H groups in total. The molecule has 0 aromatic heterocycles. The van der Waals surface area contributed by atoms with Gasteiger partial charge < -0.3 is 4.90 Å². The van der Waals surface area contributed by atoms with Gasteiger partial charge in [-0.15, -0.1) is 0 Å². The number of hydrogen-bond acceptors (Lipinski definition) is 1. The van der Waals surface area contributed by atoms with Crippen molar-refractivity contribution in [3.8, 4) is 55.6 Å². The van der Waals surface area contributed by atoms with E-state index in [4.69, 9.17) is 11.6 Å². The smallest absolute Gasteiger partial charge is 0.0714 e. The normalized spacial score (nSPS) is 13.9. The first-order chi connectivity index (χ1) is 31.1. The Balaban J connectivity index is 1.05. The van der Waals surface area contributed by atoms with E-state index in [0.29, 0.717) is 0 Å². The fraction of sp³-hybridized carbons (Fsp3) is 0.0164. The fourth-order valence-corrected chi connectivity index (χ4v) is 9.90. The van der Waals surface area contributed by atoms with Crippen LogP contribution in [0.1, 0.15) is 22.3 Å². The molecule has 0 saturated heterocycles. The second-order valence-corrected chi connectivity index (χ2v) is 16.6. The third kappa shape index (κ3) is 6.84. The summed E-state index contributed by atoms with van der Waals surface area (Å²) in [6.45, 7) is 0. The van der Waals surface area contributed by atoms with Crippen LogP contribution in [0.2, 0.25) is 5.02 Å². The molecule has 0 saturated carbocycles. The number of fused-ring (bicyclic) bond motifs is 3. The summed E-state index contributed by atoms with van der Waals surface area (Å²) in [5.41, 5.74) is 19.4. The standard InChI is InChI=1S/C61H42ClN/c62-52-33-40-57-59(42-52)61(50-22-11-4-12-23-50,51-24-13-21-49(41-51)45-19-9-3-10-20-45)58-26-14-25-56(60(57)58)48-31-38-55(39-32-48)63(53-34-27-46(28-35-53)43-15-5-1-6-16-43)54-36-29-47(30-37-54)44-17-7-2-8-18-44/h1-42H. The van der Waals surface area contributed by atoms with Gasteiger partial charge in [0.15, 0.2) is 0 Å². The minimum absolute atomic E-state index is 0.605. The van der Waals surface area contributed by atoms with Crippen molar-refractivity contribution in [2.75, 3.05) is 4.90 Å². The highest BCUT2D eigenvalue weighted by molar-refractivity contribution is 6.30. The molecule has 11 rings (SSSR count). The Morgan fingerprint density at radius 3 is 1.25 bits per heavy atom. The molecule has 10 aromatic rings. The van der Waals surface area contributed by atoms with Crippen LogP contribution >= 0.6 is 11.6 Å². The SMILES string of the molecule is Clc1ccc2c(c1)C(c1ccccc1)(c1cccc(-c3ccccc3)c1)c1cccc(-c3ccc(N(c4ccc(-c5ccccc5)cc4)c4ccc(-c5ccccc5)cc4)cc3)c1-2. The van der Waals surface area contributed by atoms with E-state index < -0.39 is 5.41 Å². The lowest BCUT2D eigenvalue weighted by molar-refractivity contribution is 0.769. The molecule has 0 radical (unpaired) electrons. The van der Waals surface area contributed by atoms with Crippen molar-refractivity contribution >= 4 is 28.7 Å². The molecule has 1 unspecified atom stereocenters. The van der Waals surface area contributed by atoms with Crippen molar-refractivity contribution in [1.82, 2.24) is 0 Å². The van der Waals surface area contributed by atoms with Crippen LogP contribution in [-0.2, 0) is 5.41 Å². The van der Waals surface area contributed by atoms with E-state index in [9.17, 15) is 0 Å². The summed E-state index contributed by atoms with van der Waals surface area (Å²) in [6.07, 6.45) is 0. The van der Waals surface area contributed by atoms with Gasteiger partial charge in [0, 0.05) is 22.1 Å². The van der Waals surface area contributed by atoms with Crippen molar-refractivity contribution < 1.29 is 0 Å². The lowest BCUT2D eigenvalue weighted by Crippen LogP contribution is -2.28. The molecular formula is C61H42ClN. The summed E-state index contributed by atoms with van der Waals surface area (Å²) in [5.74, 6) is 0. The quantitative estimate of drug-likeness (QED) is 0.140. The minimum atomic E-state index is -0.605. The molecule has 0 heterocycles. The second kappa shape index (κ2) is 16.3. The maximum Gasteiger partial charge on any atom is 0.0714 e. The highest BCUT2D eigenvalue weighted by atomic mass is 35.5. The molecule has 10 aromatic carbocycles. The van der Waals surface area contributed by atoms with Gasteiger partial charge in [0.25, 0.3) is 0 Å². The molecule has 2 heteroatoms. The Bertz CT molecular complexity index is 3100. The van der Waals surface area contributed by atoms with Crippen LogP contribution < -0.4 is 4.90 Å². The first kappa shape index (κ1) is 38.2. The number of hydrogen-bond donors (Lipinski definition) is 0. The maximum atomic E-state index is 6.98. The number of benzene rings is 10. The van der Waals surface area contributed by atoms with Crippen LogP contribution in [-0.4, -0.2) is 0 Å². The Morgan fingerprint density at radius 1 is 0.286 bits per heavy atom. The molecule has 0 spiro atoms. The predicted octanol–water partition coefficient (Wildman–Crippen LogP) is 16.8. The lowest BCUT2D eigenvalue weighted by atomic mass is 9.67. The molecule has 1 aliphatic carbocycles. The van der Waals surface area contributed by atoms with Crippen LogP contribution in [0.5, 0.6) is 0 Å². The number of halogens is 1. The Kier molecular flexibility index (Phi) is 9.88. The van der Waals surface area contributed by atoms with Gasteiger partial charge >= 0.3 is 0 Å². The number of anilines is 3. The molecule has 1 nitrogen and oxygen atoms in total. The second-order valence-electron chi connectivity index (χ2n) is 16.2. The van der Waals surface area contributed by atoms with Crippen molar-refractivity contribution in [1.29, 1.82) is 0 Å². The maximum absolute atomic E-state index is 6.98. The summed E-state index contributed by atoms with van der Waals surface area (Å²) in [5, 5.41) is 0.723. The first-order valence-electron chi connectivity index (χ1n) is 21.5. The minimum Gasteiger partial charge on any atom is -0.311 e. The third-order valence-corrected chi connectivity index (χ3v) is 12.9. The van der Waals surface area contributed by atoms with Crippen LogP contribution in [0.25, 0.3) is 55.6 Å². The summed E-state index contributed by atoms with van der Waals surface area (Å²) in [4.78, 5) is 2.35. The van der Waals surface area contributed by atoms with Gasteiger partial charge in [-0.3, -0.25) is 0 Å². The van der Waals surface area contributed by atoms with E-state index in [1.807, 2.05) is 6.07 Å². The summed E-state index contributed by atoms with van der Waals surface area (Å²) >= 11 is 6.98. The van der Waals surface area contributed by atoms with E-state index in [1.165, 1.54) is 72.3 Å². The molecule has 63 heavy (non-hydrogen) atoms. The fourth-order valence-electron chi connectivity index (χ4n) is 9.73. The van der Waals surface area contributed by atoms with Crippen LogP contribution in [0.4, 0.5) is 17.1 Å². The third-order valence-electron chi connectivity index (χ3n) is 12.6. The average molecular weight is 824 g/mol. The van der Waals surface area contributed by atoms with E-state index >= 15 is 0 Å². The van der Waals surface area contributed by atoms with Gasteiger partial charge in [0.2, 0.25) is 0 Å². The van der Waals surface area contributed by atoms with E-state index in [0.717, 1.165) is 27.6 Å². The van der Waals surface area contributed by atoms with Gasteiger partial charge in [-0.05, 0) is 132 Å². The molecule has 1 atom stereocenters. The van der Waals surface area contributed by atoms with Crippen molar-refractivity contribution in [2.24, 2.45) is 0 Å². The molecule has 0 amide bonds. The van der Waals surface area contributed by atoms with Crippen molar-refractivity contribution in [2.45, 2.75) is 5.41 Å². The van der Waals surface area contributed by atoms with Gasteiger partial charge in [-0.2, -0.15) is 0 Å². The van der Waals surface area contributed by atoms with Gasteiger partial charge in [-0.1, -0.05) is 212 Å². The summed E-state index contributed by atoms with van der Waals surface area (Å²) in [6, 6.07) is 91.9. The van der Waals surface area contributed by atoms with E-state index in [2.05, 4.69) is 254 Å². The predicted molar refractivity (Wildman–Crippen MR) is 265 cm³/mol. The first-order valence-corrected chi connectivity index (χ1v) is 21.9. The number of nitrogens with zero attached hydrogens (tertiary/aromatic N) is 1. The molecular weight excluding hydrogens is 782 g/mol. The largest absolute Gasteiger partial charge is 0.311 e. The van der Waals surface area contributed by atoms with Crippen LogP contribution in [0.3, 0.4) is 0 Å². The van der Waals surface area contributed by atoms with Crippen molar-refractivity contribution in [3.05, 3.63) is 282 Å². The molecule has 1 aliphatic rings. The monoisotopic (exact) mass is 823 g/mol. The molecule has 298 valence electrons. The van der Waals surface area contributed by atoms with Gasteiger partial charge in [-0.25, -0.2) is 0 Å². The van der Waals surface area contributed by atoms with E-state index in [-0.39, 0.29) is 0 Å². The van der Waals surface area contributed by atoms with Crippen molar-refractivity contribution in [3.63, 3.8) is 0 Å². The van der Waals surface area contributed by atoms with Gasteiger partial charge in [0.05, 0.1) is 5.41 Å². The average Bonchev–Trinajstić information content (AvgIpc) is 3.66. The highest BCUT2D eigenvalue weighted by Crippen LogP contribution is 2.59. The molecule has 0 bridgehead atoms. The molecule has 0 aliphatic heterocycles. The zero-order chi connectivity index (χ0) is 42.2. The zero-order valence-corrected chi connectivity index (χ0v) is 35.3. The molecule has 0 fully saturated rings. The lowest BCUT2D eigenvalue weighted by Gasteiger charge is -2.34.